The van der Waals surface area contributed by atoms with Gasteiger partial charge >= 0.3 is 0 Å². The standard InChI is InChI=1S/C23H25N9O2/c1-16(13-31-7-6-27-30-31)34-21-8-17(4-5-18(21)9-24)19-10-25-22(26-11-19)29-20-12-28-32(14-20)15-23(2,3)33/h4-8,10-12,14,16,33H,13,15H2,1-3H3,(H,25,26,29). The van der Waals surface area contributed by atoms with Crippen molar-refractivity contribution in [3.05, 3.63) is 60.9 Å². The molecule has 0 radical (unpaired) electrons. The van der Waals surface area contributed by atoms with Crippen LogP contribution in [0.3, 0.4) is 0 Å². The minimum atomic E-state index is -0.862. The summed E-state index contributed by atoms with van der Waals surface area (Å²) < 4.78 is 9.35. The molecule has 11 heteroatoms. The van der Waals surface area contributed by atoms with Gasteiger partial charge in [0.25, 0.3) is 0 Å². The van der Waals surface area contributed by atoms with Crippen LogP contribution in [0.5, 0.6) is 5.75 Å². The third kappa shape index (κ3) is 5.93. The van der Waals surface area contributed by atoms with Crippen LogP contribution in [0.1, 0.15) is 26.3 Å². The number of hydrogen-bond acceptors (Lipinski definition) is 9. The molecule has 0 amide bonds. The summed E-state index contributed by atoms with van der Waals surface area (Å²) in [5.41, 5.74) is 1.90. The van der Waals surface area contributed by atoms with Crippen molar-refractivity contribution in [2.75, 3.05) is 5.32 Å². The van der Waals surface area contributed by atoms with Crippen molar-refractivity contribution in [2.24, 2.45) is 0 Å². The van der Waals surface area contributed by atoms with Gasteiger partial charge in [0.1, 0.15) is 17.9 Å². The Balaban J connectivity index is 1.46. The Labute approximate surface area is 196 Å². The number of ether oxygens (including phenoxy) is 1. The molecule has 0 aliphatic rings. The minimum Gasteiger partial charge on any atom is -0.487 e. The summed E-state index contributed by atoms with van der Waals surface area (Å²) in [7, 11) is 0. The molecule has 2 N–H and O–H groups in total. The molecule has 3 heterocycles. The highest BCUT2D eigenvalue weighted by atomic mass is 16.5. The summed E-state index contributed by atoms with van der Waals surface area (Å²) in [4.78, 5) is 8.77. The molecular formula is C23H25N9O2. The van der Waals surface area contributed by atoms with Gasteiger partial charge in [-0.2, -0.15) is 10.4 Å². The van der Waals surface area contributed by atoms with Crippen LogP contribution in [0.15, 0.2) is 55.4 Å². The molecule has 34 heavy (non-hydrogen) atoms. The van der Waals surface area contributed by atoms with Crippen molar-refractivity contribution in [3.63, 3.8) is 0 Å². The Morgan fingerprint density at radius 3 is 2.65 bits per heavy atom. The van der Waals surface area contributed by atoms with E-state index in [0.29, 0.717) is 36.0 Å². The van der Waals surface area contributed by atoms with Gasteiger partial charge in [-0.25, -0.2) is 14.6 Å². The Morgan fingerprint density at radius 2 is 1.97 bits per heavy atom. The summed E-state index contributed by atoms with van der Waals surface area (Å²) in [6, 6.07) is 7.53. The molecule has 0 aliphatic heterocycles. The number of aliphatic hydroxyl groups is 1. The maximum absolute atomic E-state index is 9.93. The molecule has 0 fully saturated rings. The molecule has 1 unspecified atom stereocenters. The largest absolute Gasteiger partial charge is 0.487 e. The van der Waals surface area contributed by atoms with Crippen LogP contribution < -0.4 is 10.1 Å². The topological polar surface area (TPSA) is 140 Å². The third-order valence-electron chi connectivity index (χ3n) is 4.77. The summed E-state index contributed by atoms with van der Waals surface area (Å²) in [5.74, 6) is 0.896. The normalized spacial score (nSPS) is 12.2. The molecular weight excluding hydrogens is 434 g/mol. The highest BCUT2D eigenvalue weighted by Gasteiger charge is 2.15. The zero-order chi connectivity index (χ0) is 24.1. The molecule has 4 aromatic rings. The zero-order valence-electron chi connectivity index (χ0n) is 19.1. The molecule has 0 saturated carbocycles. The molecule has 0 spiro atoms. The SMILES string of the molecule is CC(Cn1ccnn1)Oc1cc(-c2cnc(Nc3cnn(CC(C)(C)O)c3)nc2)ccc1C#N. The Hall–Kier alpha value is -4.30. The van der Waals surface area contributed by atoms with Crippen LogP contribution in [-0.4, -0.2) is 51.6 Å². The van der Waals surface area contributed by atoms with E-state index in [0.717, 1.165) is 11.1 Å². The molecule has 11 nitrogen and oxygen atoms in total. The first-order valence-electron chi connectivity index (χ1n) is 10.7. The Morgan fingerprint density at radius 1 is 1.18 bits per heavy atom. The number of nitrogens with zero attached hydrogens (tertiary/aromatic N) is 8. The summed E-state index contributed by atoms with van der Waals surface area (Å²) in [5, 5.41) is 34.5. The third-order valence-corrected chi connectivity index (χ3v) is 4.77. The van der Waals surface area contributed by atoms with Crippen molar-refractivity contribution >= 4 is 11.6 Å². The lowest BCUT2D eigenvalue weighted by Gasteiger charge is -2.16. The highest BCUT2D eigenvalue weighted by Crippen LogP contribution is 2.28. The van der Waals surface area contributed by atoms with E-state index < -0.39 is 5.60 Å². The van der Waals surface area contributed by atoms with Gasteiger partial charge < -0.3 is 15.2 Å². The predicted molar refractivity (Wildman–Crippen MR) is 124 cm³/mol. The first-order valence-corrected chi connectivity index (χ1v) is 10.7. The van der Waals surface area contributed by atoms with Gasteiger partial charge in [-0.3, -0.25) is 4.68 Å². The number of nitrogens with one attached hydrogen (secondary N) is 1. The van der Waals surface area contributed by atoms with Crippen molar-refractivity contribution in [1.82, 2.24) is 34.7 Å². The molecule has 3 aromatic heterocycles. The maximum Gasteiger partial charge on any atom is 0.227 e. The summed E-state index contributed by atoms with van der Waals surface area (Å²) >= 11 is 0. The number of nitriles is 1. The second kappa shape index (κ2) is 9.68. The van der Waals surface area contributed by atoms with E-state index in [-0.39, 0.29) is 6.10 Å². The van der Waals surface area contributed by atoms with E-state index in [4.69, 9.17) is 4.74 Å². The number of benzene rings is 1. The number of aromatic nitrogens is 7. The molecule has 0 saturated heterocycles. The average Bonchev–Trinajstić information content (AvgIpc) is 3.45. The predicted octanol–water partition coefficient (Wildman–Crippen LogP) is 2.79. The van der Waals surface area contributed by atoms with Crippen LogP contribution >= 0.6 is 0 Å². The van der Waals surface area contributed by atoms with Crippen LogP contribution in [0.2, 0.25) is 0 Å². The van der Waals surface area contributed by atoms with Gasteiger partial charge in [0.15, 0.2) is 0 Å². The van der Waals surface area contributed by atoms with Gasteiger partial charge in [-0.05, 0) is 38.5 Å². The van der Waals surface area contributed by atoms with E-state index in [1.165, 1.54) is 0 Å². The first-order chi connectivity index (χ1) is 16.3. The molecule has 1 atom stereocenters. The number of anilines is 2. The molecule has 4 rings (SSSR count). The first kappa shape index (κ1) is 22.9. The van der Waals surface area contributed by atoms with Crippen molar-refractivity contribution in [3.8, 4) is 22.9 Å². The van der Waals surface area contributed by atoms with E-state index in [2.05, 4.69) is 36.8 Å². The summed E-state index contributed by atoms with van der Waals surface area (Å²) in [6.07, 6.45) is 9.96. The van der Waals surface area contributed by atoms with Crippen LogP contribution in [-0.2, 0) is 13.1 Å². The van der Waals surface area contributed by atoms with Crippen LogP contribution in [0.4, 0.5) is 11.6 Å². The minimum absolute atomic E-state index is 0.218. The second-order valence-corrected chi connectivity index (χ2v) is 8.54. The van der Waals surface area contributed by atoms with Gasteiger partial charge in [0.05, 0.1) is 42.3 Å². The fourth-order valence-electron chi connectivity index (χ4n) is 3.32. The Bertz CT molecular complexity index is 1270. The fraction of sp³-hybridized carbons (Fsp3) is 0.304. The smallest absolute Gasteiger partial charge is 0.227 e. The molecule has 174 valence electrons. The van der Waals surface area contributed by atoms with Crippen LogP contribution in [0.25, 0.3) is 11.1 Å². The van der Waals surface area contributed by atoms with Crippen molar-refractivity contribution in [1.29, 1.82) is 5.26 Å². The second-order valence-electron chi connectivity index (χ2n) is 8.54. The number of rotatable bonds is 9. The van der Waals surface area contributed by atoms with Gasteiger partial charge in [0.2, 0.25) is 5.95 Å². The monoisotopic (exact) mass is 459 g/mol. The summed E-state index contributed by atoms with van der Waals surface area (Å²) in [6.45, 7) is 6.23. The lowest BCUT2D eigenvalue weighted by Crippen LogP contribution is -2.26. The van der Waals surface area contributed by atoms with E-state index in [9.17, 15) is 10.4 Å². The molecule has 1 aromatic carbocycles. The van der Waals surface area contributed by atoms with Crippen molar-refractivity contribution < 1.29 is 9.84 Å². The lowest BCUT2D eigenvalue weighted by molar-refractivity contribution is 0.0578. The molecule has 0 aliphatic carbocycles. The van der Waals surface area contributed by atoms with Gasteiger partial charge in [-0.1, -0.05) is 11.3 Å². The number of hydrogen-bond donors (Lipinski definition) is 2. The van der Waals surface area contributed by atoms with Gasteiger partial charge in [0, 0.05) is 30.4 Å². The maximum atomic E-state index is 9.93. The molecule has 0 bridgehead atoms. The van der Waals surface area contributed by atoms with E-state index >= 15 is 0 Å². The average molecular weight is 460 g/mol. The van der Waals surface area contributed by atoms with Crippen LogP contribution in [0, 0.1) is 11.3 Å². The zero-order valence-corrected chi connectivity index (χ0v) is 19.1. The lowest BCUT2D eigenvalue weighted by atomic mass is 10.1. The van der Waals surface area contributed by atoms with Crippen molar-refractivity contribution in [2.45, 2.75) is 45.6 Å². The Kier molecular flexibility index (Phi) is 6.51. The quantitative estimate of drug-likeness (QED) is 0.386. The van der Waals surface area contributed by atoms with E-state index in [1.807, 2.05) is 19.1 Å². The van der Waals surface area contributed by atoms with Gasteiger partial charge in [-0.15, -0.1) is 5.10 Å². The van der Waals surface area contributed by atoms with E-state index in [1.54, 1.807) is 66.5 Å². The highest BCUT2D eigenvalue weighted by molar-refractivity contribution is 5.66. The fourth-order valence-corrected chi connectivity index (χ4v) is 3.32.